The van der Waals surface area contributed by atoms with Crippen LogP contribution in [0, 0.1) is 13.8 Å². The van der Waals surface area contributed by atoms with Gasteiger partial charge in [0.25, 0.3) is 0 Å². The molecule has 116 valence electrons. The highest BCUT2D eigenvalue weighted by molar-refractivity contribution is 5.68. The molecule has 4 nitrogen and oxygen atoms in total. The topological polar surface area (TPSA) is 47.6 Å². The fraction of sp³-hybridized carbons (Fsp3) is 0.471. The predicted octanol–water partition coefficient (Wildman–Crippen LogP) is 3.85. The second kappa shape index (κ2) is 7.16. The maximum atomic E-state index is 11.5. The first-order valence-electron chi connectivity index (χ1n) is 7.01. The Morgan fingerprint density at radius 2 is 1.81 bits per heavy atom. The predicted molar refractivity (Wildman–Crippen MR) is 85.7 cm³/mol. The first kappa shape index (κ1) is 17.1. The fourth-order valence-corrected chi connectivity index (χ4v) is 2.05. The van der Waals surface area contributed by atoms with Crippen LogP contribution in [-0.4, -0.2) is 25.3 Å². The molecule has 0 saturated carbocycles. The minimum Gasteiger partial charge on any atom is -0.496 e. The highest BCUT2D eigenvalue weighted by Gasteiger charge is 2.14. The summed E-state index contributed by atoms with van der Waals surface area (Å²) in [5.41, 5.74) is 2.80. The first-order chi connectivity index (χ1) is 9.73. The smallest absolute Gasteiger partial charge is 0.407 e. The van der Waals surface area contributed by atoms with Gasteiger partial charge in [-0.05, 0) is 63.4 Å². The highest BCUT2D eigenvalue weighted by Crippen LogP contribution is 2.24. The molecular weight excluding hydrogens is 266 g/mol. The lowest BCUT2D eigenvalue weighted by Crippen LogP contribution is -2.32. The lowest BCUT2D eigenvalue weighted by atomic mass is 10.1. The molecule has 21 heavy (non-hydrogen) atoms. The summed E-state index contributed by atoms with van der Waals surface area (Å²) in [5, 5.41) is 2.69. The Bertz CT molecular complexity index is 504. The van der Waals surface area contributed by atoms with Crippen LogP contribution in [0.3, 0.4) is 0 Å². The molecular formula is C17H25NO3. The van der Waals surface area contributed by atoms with E-state index in [4.69, 9.17) is 9.47 Å². The van der Waals surface area contributed by atoms with Gasteiger partial charge in [0.1, 0.15) is 11.4 Å². The quantitative estimate of drug-likeness (QED) is 0.916. The van der Waals surface area contributed by atoms with Gasteiger partial charge in [0.2, 0.25) is 0 Å². The van der Waals surface area contributed by atoms with Crippen LogP contribution in [0.2, 0.25) is 0 Å². The lowest BCUT2D eigenvalue weighted by molar-refractivity contribution is 0.0534. The van der Waals surface area contributed by atoms with Gasteiger partial charge in [-0.1, -0.05) is 12.2 Å². The zero-order valence-electron chi connectivity index (χ0n) is 13.7. The molecule has 1 aromatic carbocycles. The number of aryl methyl sites for hydroxylation is 2. The van der Waals surface area contributed by atoms with Crippen LogP contribution in [0.1, 0.15) is 37.5 Å². The van der Waals surface area contributed by atoms with Crippen molar-refractivity contribution in [3.8, 4) is 5.75 Å². The Morgan fingerprint density at radius 1 is 1.24 bits per heavy atom. The molecule has 0 spiro atoms. The van der Waals surface area contributed by atoms with Crippen molar-refractivity contribution in [3.05, 3.63) is 34.9 Å². The molecule has 1 rings (SSSR count). The van der Waals surface area contributed by atoms with E-state index in [0.717, 1.165) is 22.4 Å². The van der Waals surface area contributed by atoms with Gasteiger partial charge in [-0.15, -0.1) is 0 Å². The number of carbonyl (C=O) groups is 1. The first-order valence-corrected chi connectivity index (χ1v) is 7.01. The Morgan fingerprint density at radius 3 is 2.29 bits per heavy atom. The van der Waals surface area contributed by atoms with Gasteiger partial charge in [-0.3, -0.25) is 0 Å². The number of ether oxygens (including phenoxy) is 2. The van der Waals surface area contributed by atoms with Crippen molar-refractivity contribution >= 4 is 12.2 Å². The fourth-order valence-electron chi connectivity index (χ4n) is 2.05. The molecule has 0 fully saturated rings. The molecule has 0 aromatic heterocycles. The summed E-state index contributed by atoms with van der Waals surface area (Å²) in [5.74, 6) is 0.916. The molecule has 4 heteroatoms. The molecule has 0 radical (unpaired) electrons. The van der Waals surface area contributed by atoms with E-state index in [-0.39, 0.29) is 0 Å². The van der Waals surface area contributed by atoms with Gasteiger partial charge in [-0.2, -0.15) is 0 Å². The highest BCUT2D eigenvalue weighted by atomic mass is 16.6. The number of rotatable bonds is 4. The van der Waals surface area contributed by atoms with Gasteiger partial charge in [-0.25, -0.2) is 4.79 Å². The summed E-state index contributed by atoms with van der Waals surface area (Å²) in [6, 6.07) is 4.10. The third kappa shape index (κ3) is 5.90. The third-order valence-corrected chi connectivity index (χ3v) is 2.76. The second-order valence-electron chi connectivity index (χ2n) is 5.97. The molecule has 0 bridgehead atoms. The number of methoxy groups -OCH3 is 1. The number of alkyl carbamates (subject to hydrolysis) is 1. The van der Waals surface area contributed by atoms with Crippen molar-refractivity contribution in [3.63, 3.8) is 0 Å². The van der Waals surface area contributed by atoms with E-state index in [2.05, 4.69) is 17.4 Å². The number of carbonyl (C=O) groups excluding carboxylic acids is 1. The molecule has 0 atom stereocenters. The molecule has 0 aliphatic rings. The van der Waals surface area contributed by atoms with E-state index in [9.17, 15) is 4.79 Å². The monoisotopic (exact) mass is 291 g/mol. The number of hydrogen-bond donors (Lipinski definition) is 1. The van der Waals surface area contributed by atoms with Crippen molar-refractivity contribution < 1.29 is 14.3 Å². The van der Waals surface area contributed by atoms with E-state index >= 15 is 0 Å². The van der Waals surface area contributed by atoms with Crippen LogP contribution in [0.25, 0.3) is 6.08 Å². The molecule has 1 amide bonds. The second-order valence-corrected chi connectivity index (χ2v) is 5.97. The van der Waals surface area contributed by atoms with Gasteiger partial charge < -0.3 is 14.8 Å². The molecule has 1 N–H and O–H groups in total. The van der Waals surface area contributed by atoms with Gasteiger partial charge in [0.15, 0.2) is 0 Å². The summed E-state index contributed by atoms with van der Waals surface area (Å²) in [6.07, 6.45) is 3.45. The summed E-state index contributed by atoms with van der Waals surface area (Å²) >= 11 is 0. The largest absolute Gasteiger partial charge is 0.496 e. The number of hydrogen-bond acceptors (Lipinski definition) is 3. The van der Waals surface area contributed by atoms with Crippen LogP contribution in [0.15, 0.2) is 18.2 Å². The van der Waals surface area contributed by atoms with E-state index in [1.54, 1.807) is 7.11 Å². The maximum absolute atomic E-state index is 11.5. The Kier molecular flexibility index (Phi) is 5.82. The average molecular weight is 291 g/mol. The van der Waals surface area contributed by atoms with Crippen molar-refractivity contribution in [2.75, 3.05) is 13.7 Å². The molecule has 0 saturated heterocycles. The van der Waals surface area contributed by atoms with E-state index in [0.29, 0.717) is 6.54 Å². The minimum atomic E-state index is -0.474. The van der Waals surface area contributed by atoms with Crippen LogP contribution in [0.4, 0.5) is 4.79 Å². The molecule has 0 aliphatic heterocycles. The number of nitrogens with one attached hydrogen (secondary N) is 1. The summed E-state index contributed by atoms with van der Waals surface area (Å²) in [6.45, 7) is 9.98. The molecule has 0 unspecified atom stereocenters. The van der Waals surface area contributed by atoms with Crippen LogP contribution in [0.5, 0.6) is 5.75 Å². The summed E-state index contributed by atoms with van der Waals surface area (Å²) in [4.78, 5) is 11.5. The van der Waals surface area contributed by atoms with Gasteiger partial charge in [0.05, 0.1) is 7.11 Å². The normalized spacial score (nSPS) is 11.5. The summed E-state index contributed by atoms with van der Waals surface area (Å²) in [7, 11) is 1.68. The van der Waals surface area contributed by atoms with E-state index < -0.39 is 11.7 Å². The van der Waals surface area contributed by atoms with Crippen molar-refractivity contribution in [1.82, 2.24) is 5.32 Å². The minimum absolute atomic E-state index is 0.408. The van der Waals surface area contributed by atoms with E-state index in [1.165, 1.54) is 0 Å². The SMILES string of the molecule is COc1c(C)cc(C=CCNC(=O)OC(C)(C)C)cc1C. The van der Waals surface area contributed by atoms with E-state index in [1.807, 2.05) is 46.8 Å². The van der Waals surface area contributed by atoms with Crippen molar-refractivity contribution in [2.45, 2.75) is 40.2 Å². The van der Waals surface area contributed by atoms with Crippen molar-refractivity contribution in [1.29, 1.82) is 0 Å². The Labute approximate surface area is 127 Å². The maximum Gasteiger partial charge on any atom is 0.407 e. The lowest BCUT2D eigenvalue weighted by Gasteiger charge is -2.19. The zero-order valence-corrected chi connectivity index (χ0v) is 13.7. The van der Waals surface area contributed by atoms with Crippen molar-refractivity contribution in [2.24, 2.45) is 0 Å². The number of benzene rings is 1. The zero-order chi connectivity index (χ0) is 16.0. The third-order valence-electron chi connectivity index (χ3n) is 2.76. The Balaban J connectivity index is 2.57. The molecule has 0 aliphatic carbocycles. The standard InChI is InChI=1S/C17H25NO3/c1-12-10-14(11-13(2)15(12)20-6)8-7-9-18-16(19)21-17(3,4)5/h7-8,10-11H,9H2,1-6H3,(H,18,19). The number of amides is 1. The Hall–Kier alpha value is -1.97. The van der Waals surface area contributed by atoms with Crippen LogP contribution < -0.4 is 10.1 Å². The average Bonchev–Trinajstić information content (AvgIpc) is 2.32. The molecule has 1 aromatic rings. The summed E-state index contributed by atoms with van der Waals surface area (Å²) < 4.78 is 10.5. The van der Waals surface area contributed by atoms with Gasteiger partial charge >= 0.3 is 6.09 Å². The van der Waals surface area contributed by atoms with Gasteiger partial charge in [0, 0.05) is 6.54 Å². The van der Waals surface area contributed by atoms with Crippen LogP contribution >= 0.6 is 0 Å². The van der Waals surface area contributed by atoms with Crippen LogP contribution in [-0.2, 0) is 4.74 Å². The molecule has 0 heterocycles.